The van der Waals surface area contributed by atoms with Crippen LogP contribution in [0.5, 0.6) is 0 Å². The van der Waals surface area contributed by atoms with E-state index in [1.54, 1.807) is 6.21 Å². The largest absolute Gasteiger partial charge is 0.624 e. The first kappa shape index (κ1) is 14.2. The van der Waals surface area contributed by atoms with Gasteiger partial charge in [-0.3, -0.25) is 0 Å². The molecule has 18 heavy (non-hydrogen) atoms. The van der Waals surface area contributed by atoms with Gasteiger partial charge >= 0.3 is 0 Å². The van der Waals surface area contributed by atoms with E-state index in [0.717, 1.165) is 29.6 Å². The number of hydroxylamine groups is 1. The van der Waals surface area contributed by atoms with Crippen LogP contribution in [-0.4, -0.2) is 11.0 Å². The second kappa shape index (κ2) is 9.23. The normalized spacial score (nSPS) is 12.6. The first-order valence-electron chi connectivity index (χ1n) is 6.45. The van der Waals surface area contributed by atoms with Gasteiger partial charge in [0, 0.05) is 5.56 Å². The van der Waals surface area contributed by atoms with Crippen LogP contribution in [0, 0.1) is 5.21 Å². The van der Waals surface area contributed by atoms with E-state index < -0.39 is 0 Å². The fraction of sp³-hybridized carbons (Fsp3) is 0.312. The zero-order valence-corrected chi connectivity index (χ0v) is 11.0. The van der Waals surface area contributed by atoms with Crippen molar-refractivity contribution in [1.82, 2.24) is 0 Å². The Hall–Kier alpha value is -1.83. The lowest BCUT2D eigenvalue weighted by Crippen LogP contribution is -2.03. The van der Waals surface area contributed by atoms with Crippen molar-refractivity contribution in [3.63, 3.8) is 0 Å². The van der Waals surface area contributed by atoms with E-state index in [0.29, 0.717) is 6.54 Å². The van der Waals surface area contributed by atoms with Gasteiger partial charge in [0.05, 0.1) is 0 Å². The number of hydrogen-bond acceptors (Lipinski definition) is 1. The molecule has 0 spiro atoms. The van der Waals surface area contributed by atoms with Crippen molar-refractivity contribution in [1.29, 1.82) is 0 Å². The van der Waals surface area contributed by atoms with Crippen molar-refractivity contribution >= 4 is 6.21 Å². The number of hydrogen-bond donors (Lipinski definition) is 0. The summed E-state index contributed by atoms with van der Waals surface area (Å²) in [5.41, 5.74) is 1.03. The summed E-state index contributed by atoms with van der Waals surface area (Å²) in [4.78, 5) is 0. The zero-order valence-electron chi connectivity index (χ0n) is 11.0. The van der Waals surface area contributed by atoms with Crippen LogP contribution < -0.4 is 0 Å². The molecule has 0 saturated heterocycles. The highest BCUT2D eigenvalue weighted by Crippen LogP contribution is 1.99. The van der Waals surface area contributed by atoms with Gasteiger partial charge in [0.15, 0.2) is 12.8 Å². The van der Waals surface area contributed by atoms with Crippen LogP contribution in [-0.2, 0) is 6.54 Å². The summed E-state index contributed by atoms with van der Waals surface area (Å²) in [6, 6.07) is 9.75. The molecule has 0 amide bonds. The van der Waals surface area contributed by atoms with Gasteiger partial charge in [-0.25, -0.2) is 4.74 Å². The Morgan fingerprint density at radius 3 is 2.50 bits per heavy atom. The fourth-order valence-corrected chi connectivity index (χ4v) is 1.55. The molecule has 1 rings (SSSR count). The second-order valence-corrected chi connectivity index (χ2v) is 4.10. The summed E-state index contributed by atoms with van der Waals surface area (Å²) >= 11 is 0. The van der Waals surface area contributed by atoms with Crippen LogP contribution in [0.3, 0.4) is 0 Å². The predicted octanol–water partition coefficient (Wildman–Crippen LogP) is 4.07. The minimum absolute atomic E-state index is 0.404. The molecule has 0 aliphatic rings. The maximum atomic E-state index is 11.5. The topological polar surface area (TPSA) is 26.1 Å². The van der Waals surface area contributed by atoms with E-state index >= 15 is 0 Å². The zero-order chi connectivity index (χ0) is 13.1. The molecule has 96 valence electrons. The fourth-order valence-electron chi connectivity index (χ4n) is 1.55. The Morgan fingerprint density at radius 1 is 1.06 bits per heavy atom. The van der Waals surface area contributed by atoms with Crippen LogP contribution in [0.4, 0.5) is 0 Å². The van der Waals surface area contributed by atoms with Gasteiger partial charge in [0.25, 0.3) is 0 Å². The number of nitrogens with zero attached hydrogens (tertiary/aromatic N) is 1. The van der Waals surface area contributed by atoms with Crippen molar-refractivity contribution in [2.45, 2.75) is 32.7 Å². The molecule has 0 aliphatic carbocycles. The van der Waals surface area contributed by atoms with E-state index in [9.17, 15) is 5.21 Å². The molecule has 0 fully saturated rings. The molecule has 1 aromatic carbocycles. The van der Waals surface area contributed by atoms with Crippen molar-refractivity contribution in [3.8, 4) is 0 Å². The summed E-state index contributed by atoms with van der Waals surface area (Å²) in [6.45, 7) is 2.53. The van der Waals surface area contributed by atoms with Gasteiger partial charge in [-0.15, -0.1) is 0 Å². The Bertz CT molecular complexity index is 404. The van der Waals surface area contributed by atoms with Gasteiger partial charge in [-0.05, 0) is 25.3 Å². The molecule has 0 aromatic heterocycles. The second-order valence-electron chi connectivity index (χ2n) is 4.10. The SMILES string of the molecule is CC/C=C\CCC=CC=[N+]([O-])Cc1ccccc1. The highest BCUT2D eigenvalue weighted by molar-refractivity contribution is 5.66. The Morgan fingerprint density at radius 2 is 1.78 bits per heavy atom. The highest BCUT2D eigenvalue weighted by Gasteiger charge is 1.94. The number of unbranched alkanes of at least 4 members (excludes halogenated alkanes) is 1. The van der Waals surface area contributed by atoms with Crippen molar-refractivity contribution in [2.24, 2.45) is 0 Å². The monoisotopic (exact) mass is 243 g/mol. The maximum Gasteiger partial charge on any atom is 0.178 e. The Labute approximate surface area is 110 Å². The minimum Gasteiger partial charge on any atom is -0.624 e. The van der Waals surface area contributed by atoms with E-state index in [4.69, 9.17) is 0 Å². The third-order valence-corrected chi connectivity index (χ3v) is 2.47. The quantitative estimate of drug-likeness (QED) is 0.177. The summed E-state index contributed by atoms with van der Waals surface area (Å²) < 4.78 is 0.952. The first-order chi connectivity index (χ1) is 8.83. The molecule has 2 nitrogen and oxygen atoms in total. The van der Waals surface area contributed by atoms with E-state index in [1.165, 1.54) is 0 Å². The van der Waals surface area contributed by atoms with E-state index in [2.05, 4.69) is 19.1 Å². The molecular formula is C16H21NO. The van der Waals surface area contributed by atoms with Gasteiger partial charge in [0.2, 0.25) is 0 Å². The molecule has 0 bridgehead atoms. The minimum atomic E-state index is 0.404. The molecule has 0 heterocycles. The van der Waals surface area contributed by atoms with Gasteiger partial charge in [-0.1, -0.05) is 55.5 Å². The van der Waals surface area contributed by atoms with E-state index in [1.807, 2.05) is 42.5 Å². The standard InChI is InChI=1S/C16H21NO/c1-2-3-4-5-6-7-11-14-17(18)15-16-12-9-8-10-13-16/h3-4,7-14H,2,5-6,15H2,1H3/b4-3-,11-7?,17-14?. The van der Waals surface area contributed by atoms with Gasteiger partial charge in [-0.2, -0.15) is 0 Å². The number of benzene rings is 1. The van der Waals surface area contributed by atoms with Crippen molar-refractivity contribution < 1.29 is 4.74 Å². The van der Waals surface area contributed by atoms with Gasteiger partial charge in [0.1, 0.15) is 0 Å². The van der Waals surface area contributed by atoms with Gasteiger partial charge < -0.3 is 5.21 Å². The van der Waals surface area contributed by atoms with Crippen LogP contribution >= 0.6 is 0 Å². The lowest BCUT2D eigenvalue weighted by molar-refractivity contribution is -0.469. The summed E-state index contributed by atoms with van der Waals surface area (Å²) in [5, 5.41) is 11.5. The molecule has 0 saturated carbocycles. The summed E-state index contributed by atoms with van der Waals surface area (Å²) in [5.74, 6) is 0. The lowest BCUT2D eigenvalue weighted by Gasteiger charge is -2.02. The van der Waals surface area contributed by atoms with Crippen LogP contribution in [0.1, 0.15) is 31.7 Å². The predicted molar refractivity (Wildman–Crippen MR) is 77.6 cm³/mol. The average molecular weight is 243 g/mol. The molecule has 0 aliphatic heterocycles. The summed E-state index contributed by atoms with van der Waals surface area (Å²) in [6.07, 6.45) is 12.9. The average Bonchev–Trinajstić information content (AvgIpc) is 2.39. The highest BCUT2D eigenvalue weighted by atomic mass is 16.5. The van der Waals surface area contributed by atoms with Crippen LogP contribution in [0.15, 0.2) is 54.6 Å². The molecular weight excluding hydrogens is 222 g/mol. The smallest absolute Gasteiger partial charge is 0.178 e. The van der Waals surface area contributed by atoms with Crippen LogP contribution in [0.2, 0.25) is 0 Å². The molecule has 1 aromatic rings. The molecule has 0 unspecified atom stereocenters. The number of rotatable bonds is 7. The molecule has 0 N–H and O–H groups in total. The van der Waals surface area contributed by atoms with Crippen molar-refractivity contribution in [3.05, 3.63) is 65.4 Å². The first-order valence-corrected chi connectivity index (χ1v) is 6.45. The number of allylic oxidation sites excluding steroid dienone is 4. The van der Waals surface area contributed by atoms with Crippen LogP contribution in [0.25, 0.3) is 0 Å². The lowest BCUT2D eigenvalue weighted by atomic mass is 10.2. The molecule has 0 atom stereocenters. The Balaban J connectivity index is 2.29. The molecule has 2 heteroatoms. The third kappa shape index (κ3) is 6.69. The van der Waals surface area contributed by atoms with E-state index in [-0.39, 0.29) is 0 Å². The maximum absolute atomic E-state index is 11.5. The van der Waals surface area contributed by atoms with Crippen molar-refractivity contribution in [2.75, 3.05) is 0 Å². The third-order valence-electron chi connectivity index (χ3n) is 2.47. The Kier molecular flexibility index (Phi) is 7.29. The molecule has 0 radical (unpaired) electrons. The summed E-state index contributed by atoms with van der Waals surface area (Å²) in [7, 11) is 0.